The normalized spacial score (nSPS) is 10.5. The second-order valence-electron chi connectivity index (χ2n) is 6.74. The third kappa shape index (κ3) is 8.91. The highest BCUT2D eigenvalue weighted by Gasteiger charge is 2.02. The number of alkyl carbamates (subject to hydrolysis) is 1. The summed E-state index contributed by atoms with van der Waals surface area (Å²) in [5.41, 5.74) is 2.19. The summed E-state index contributed by atoms with van der Waals surface area (Å²) in [6.07, 6.45) is 5.28. The minimum absolute atomic E-state index is 0.314. The van der Waals surface area contributed by atoms with Gasteiger partial charge in [-0.1, -0.05) is 67.8 Å². The number of amides is 1. The van der Waals surface area contributed by atoms with E-state index in [1.54, 1.807) is 7.11 Å². The second-order valence-corrected chi connectivity index (χ2v) is 6.74. The van der Waals surface area contributed by atoms with Gasteiger partial charge >= 0.3 is 6.09 Å². The van der Waals surface area contributed by atoms with Crippen LogP contribution in [0, 0.1) is 0 Å². The van der Waals surface area contributed by atoms with Crippen molar-refractivity contribution >= 4 is 6.09 Å². The molecule has 2 rings (SSSR count). The predicted molar refractivity (Wildman–Crippen MR) is 112 cm³/mol. The molecule has 1 amide bonds. The van der Waals surface area contributed by atoms with Crippen LogP contribution in [0.25, 0.3) is 0 Å². The van der Waals surface area contributed by atoms with Gasteiger partial charge in [0.05, 0.1) is 7.11 Å². The number of methoxy groups -OCH3 is 1. The summed E-state index contributed by atoms with van der Waals surface area (Å²) in [5.74, 6) is 0.935. The third-order valence-corrected chi connectivity index (χ3v) is 4.52. The van der Waals surface area contributed by atoms with Crippen LogP contribution in [0.15, 0.2) is 54.6 Å². The van der Waals surface area contributed by atoms with Crippen LogP contribution in [0.2, 0.25) is 0 Å². The number of carbonyl (C=O) groups excluding carboxylic acids is 1. The number of hydrogen-bond donors (Lipinski definition) is 2. The summed E-state index contributed by atoms with van der Waals surface area (Å²) in [7, 11) is 1.71. The molecule has 0 aliphatic rings. The molecule has 0 bridgehead atoms. The molecule has 2 N–H and O–H groups in total. The number of nitrogens with one attached hydrogen (secondary N) is 2. The smallest absolute Gasteiger partial charge is 0.407 e. The van der Waals surface area contributed by atoms with Gasteiger partial charge < -0.3 is 20.1 Å². The number of benzene rings is 2. The molecule has 2 aromatic rings. The Balaban J connectivity index is 1.40. The fourth-order valence-corrected chi connectivity index (χ4v) is 2.94. The summed E-state index contributed by atoms with van der Waals surface area (Å²) in [6.45, 7) is 2.81. The lowest BCUT2D eigenvalue weighted by Crippen LogP contribution is -2.25. The Kier molecular flexibility index (Phi) is 10.6. The average Bonchev–Trinajstić information content (AvgIpc) is 2.74. The maximum Gasteiger partial charge on any atom is 0.407 e. The van der Waals surface area contributed by atoms with Crippen molar-refractivity contribution in [2.75, 3.05) is 20.2 Å². The van der Waals surface area contributed by atoms with Crippen LogP contribution in [-0.2, 0) is 17.9 Å². The van der Waals surface area contributed by atoms with Gasteiger partial charge in [0.1, 0.15) is 12.4 Å². The van der Waals surface area contributed by atoms with E-state index in [4.69, 9.17) is 9.47 Å². The van der Waals surface area contributed by atoms with Crippen LogP contribution >= 0.6 is 0 Å². The van der Waals surface area contributed by atoms with Gasteiger partial charge in [-0.2, -0.15) is 0 Å². The maximum atomic E-state index is 11.6. The molecular formula is C23H32N2O3. The number of hydrogen-bond acceptors (Lipinski definition) is 4. The molecule has 2 aromatic carbocycles. The van der Waals surface area contributed by atoms with Gasteiger partial charge in [0.15, 0.2) is 0 Å². The Labute approximate surface area is 168 Å². The number of carbonyl (C=O) groups is 1. The largest absolute Gasteiger partial charge is 0.496 e. The van der Waals surface area contributed by atoms with E-state index in [9.17, 15) is 4.79 Å². The minimum atomic E-state index is -0.343. The van der Waals surface area contributed by atoms with E-state index in [0.29, 0.717) is 13.2 Å². The first kappa shape index (κ1) is 21.8. The fourth-order valence-electron chi connectivity index (χ4n) is 2.94. The highest BCUT2D eigenvalue weighted by Crippen LogP contribution is 2.16. The molecule has 0 aliphatic carbocycles. The monoisotopic (exact) mass is 384 g/mol. The second kappa shape index (κ2) is 13.6. The van der Waals surface area contributed by atoms with Crippen LogP contribution in [0.1, 0.15) is 43.2 Å². The Hall–Kier alpha value is -2.53. The van der Waals surface area contributed by atoms with Gasteiger partial charge in [-0.25, -0.2) is 4.79 Å². The Morgan fingerprint density at radius 2 is 1.54 bits per heavy atom. The highest BCUT2D eigenvalue weighted by molar-refractivity contribution is 5.67. The van der Waals surface area contributed by atoms with E-state index in [1.807, 2.05) is 48.5 Å². The molecule has 0 spiro atoms. The van der Waals surface area contributed by atoms with Gasteiger partial charge in [-0.3, -0.25) is 0 Å². The molecule has 0 atom stereocenters. The van der Waals surface area contributed by atoms with Crippen molar-refractivity contribution in [2.24, 2.45) is 0 Å². The van der Waals surface area contributed by atoms with E-state index < -0.39 is 0 Å². The number of ether oxygens (including phenoxy) is 2. The topological polar surface area (TPSA) is 59.6 Å². The molecule has 0 saturated carbocycles. The molecule has 0 aromatic heterocycles. The van der Waals surface area contributed by atoms with E-state index in [1.165, 1.54) is 18.4 Å². The van der Waals surface area contributed by atoms with Crippen LogP contribution < -0.4 is 15.4 Å². The van der Waals surface area contributed by atoms with Crippen LogP contribution in [-0.4, -0.2) is 26.3 Å². The standard InChI is InChI=1S/C23H32N2O3/c1-27-22-15-9-8-14-21(22)18-24-16-10-3-2-4-11-17-25-23(26)28-19-20-12-6-5-7-13-20/h5-9,12-15,24H,2-4,10-11,16-19H2,1H3,(H,25,26). The lowest BCUT2D eigenvalue weighted by molar-refractivity contribution is 0.139. The van der Waals surface area contributed by atoms with E-state index in [2.05, 4.69) is 16.7 Å². The molecule has 5 heteroatoms. The average molecular weight is 385 g/mol. The number of para-hydroxylation sites is 1. The molecule has 0 fully saturated rings. The molecule has 0 heterocycles. The van der Waals surface area contributed by atoms with Crippen molar-refractivity contribution < 1.29 is 14.3 Å². The van der Waals surface area contributed by atoms with E-state index >= 15 is 0 Å². The van der Waals surface area contributed by atoms with Crippen molar-refractivity contribution in [1.29, 1.82) is 0 Å². The summed E-state index contributed by atoms with van der Waals surface area (Å²) in [5, 5.41) is 6.28. The van der Waals surface area contributed by atoms with E-state index in [0.717, 1.165) is 43.7 Å². The van der Waals surface area contributed by atoms with Crippen molar-refractivity contribution in [3.8, 4) is 5.75 Å². The molecule has 5 nitrogen and oxygen atoms in total. The first-order chi connectivity index (χ1) is 13.8. The van der Waals surface area contributed by atoms with Crippen LogP contribution in [0.5, 0.6) is 5.75 Å². The van der Waals surface area contributed by atoms with Gasteiger partial charge in [0, 0.05) is 18.7 Å². The molecule has 28 heavy (non-hydrogen) atoms. The molecular weight excluding hydrogens is 352 g/mol. The van der Waals surface area contributed by atoms with Crippen LogP contribution in [0.3, 0.4) is 0 Å². The zero-order valence-corrected chi connectivity index (χ0v) is 16.8. The van der Waals surface area contributed by atoms with Gasteiger partial charge in [0.2, 0.25) is 0 Å². The molecule has 0 saturated heterocycles. The minimum Gasteiger partial charge on any atom is -0.496 e. The molecule has 0 unspecified atom stereocenters. The van der Waals surface area contributed by atoms with Crippen molar-refractivity contribution in [2.45, 2.75) is 45.3 Å². The van der Waals surface area contributed by atoms with E-state index in [-0.39, 0.29) is 6.09 Å². The first-order valence-corrected chi connectivity index (χ1v) is 10.1. The Bertz CT molecular complexity index is 677. The summed E-state index contributed by atoms with van der Waals surface area (Å²) < 4.78 is 10.5. The maximum absolute atomic E-state index is 11.6. The lowest BCUT2D eigenvalue weighted by atomic mass is 10.1. The van der Waals surface area contributed by atoms with Crippen LogP contribution in [0.4, 0.5) is 4.79 Å². The zero-order valence-electron chi connectivity index (χ0n) is 16.8. The Morgan fingerprint density at radius 3 is 2.32 bits per heavy atom. The molecule has 0 radical (unpaired) electrons. The van der Waals surface area contributed by atoms with Gasteiger partial charge in [0.25, 0.3) is 0 Å². The number of rotatable bonds is 13. The van der Waals surface area contributed by atoms with Crippen molar-refractivity contribution in [1.82, 2.24) is 10.6 Å². The summed E-state index contributed by atoms with van der Waals surface area (Å²) >= 11 is 0. The quantitative estimate of drug-likeness (QED) is 0.493. The lowest BCUT2D eigenvalue weighted by Gasteiger charge is -2.09. The van der Waals surface area contributed by atoms with Crippen molar-refractivity contribution in [3.05, 3.63) is 65.7 Å². The highest BCUT2D eigenvalue weighted by atomic mass is 16.5. The van der Waals surface area contributed by atoms with Crippen molar-refractivity contribution in [3.63, 3.8) is 0 Å². The summed E-state index contributed by atoms with van der Waals surface area (Å²) in [6, 6.07) is 17.8. The predicted octanol–water partition coefficient (Wildman–Crippen LogP) is 4.66. The van der Waals surface area contributed by atoms with Gasteiger partial charge in [-0.05, 0) is 31.0 Å². The number of unbranched alkanes of at least 4 members (excludes halogenated alkanes) is 4. The zero-order chi connectivity index (χ0) is 19.9. The molecule has 152 valence electrons. The third-order valence-electron chi connectivity index (χ3n) is 4.52. The summed E-state index contributed by atoms with van der Waals surface area (Å²) in [4.78, 5) is 11.6. The molecule has 0 aliphatic heterocycles. The SMILES string of the molecule is COc1ccccc1CNCCCCCCCNC(=O)OCc1ccccc1. The fraction of sp³-hybridized carbons (Fsp3) is 0.435. The first-order valence-electron chi connectivity index (χ1n) is 10.1. The van der Waals surface area contributed by atoms with Gasteiger partial charge in [-0.15, -0.1) is 0 Å². The Morgan fingerprint density at radius 1 is 0.857 bits per heavy atom.